The van der Waals surface area contributed by atoms with Crippen LogP contribution < -0.4 is 4.74 Å². The van der Waals surface area contributed by atoms with Crippen LogP contribution in [0.15, 0.2) is 164 Å². The Balaban J connectivity index is 1.12. The van der Waals surface area contributed by atoms with E-state index in [1.165, 1.54) is 76.9 Å². The van der Waals surface area contributed by atoms with E-state index in [1.807, 2.05) is 12.1 Å². The van der Waals surface area contributed by atoms with Gasteiger partial charge in [-0.1, -0.05) is 121 Å². The van der Waals surface area contributed by atoms with Gasteiger partial charge in [0, 0.05) is 27.4 Å². The Morgan fingerprint density at radius 1 is 0.370 bits per heavy atom. The number of nitrogens with zero attached hydrogens (tertiary/aromatic N) is 1. The molecule has 1 aromatic heterocycles. The smallest absolute Gasteiger partial charge is 0.135 e. The van der Waals surface area contributed by atoms with Crippen molar-refractivity contribution in [2.24, 2.45) is 0 Å². The van der Waals surface area contributed by atoms with Crippen molar-refractivity contribution in [2.75, 3.05) is 0 Å². The van der Waals surface area contributed by atoms with Gasteiger partial charge in [-0.25, -0.2) is 0 Å². The first-order chi connectivity index (χ1) is 22.8. The second-order valence-electron chi connectivity index (χ2n) is 12.1. The highest BCUT2D eigenvalue weighted by Crippen LogP contribution is 2.48. The molecule has 0 N–H and O–H groups in total. The molecule has 0 saturated carbocycles. The summed E-state index contributed by atoms with van der Waals surface area (Å²) in [7, 11) is 0. The first-order valence-corrected chi connectivity index (χ1v) is 15.8. The van der Waals surface area contributed by atoms with Crippen molar-refractivity contribution in [3.8, 4) is 50.6 Å². The number of rotatable bonds is 3. The minimum atomic E-state index is 0.913. The molecule has 0 saturated heterocycles. The van der Waals surface area contributed by atoms with Crippen LogP contribution in [0, 0.1) is 0 Å². The van der Waals surface area contributed by atoms with E-state index in [2.05, 4.69) is 156 Å². The van der Waals surface area contributed by atoms with Crippen LogP contribution in [0.3, 0.4) is 0 Å². The molecule has 9 aromatic rings. The van der Waals surface area contributed by atoms with E-state index in [0.717, 1.165) is 17.1 Å². The first-order valence-electron chi connectivity index (χ1n) is 15.8. The third kappa shape index (κ3) is 3.65. The van der Waals surface area contributed by atoms with Crippen molar-refractivity contribution in [1.29, 1.82) is 0 Å². The van der Waals surface area contributed by atoms with Crippen LogP contribution in [0.1, 0.15) is 0 Å². The zero-order valence-corrected chi connectivity index (χ0v) is 24.9. The highest BCUT2D eigenvalue weighted by atomic mass is 16.5. The molecule has 0 bridgehead atoms. The van der Waals surface area contributed by atoms with Crippen molar-refractivity contribution in [1.82, 2.24) is 4.57 Å². The second kappa shape index (κ2) is 9.69. The molecule has 0 radical (unpaired) electrons. The van der Waals surface area contributed by atoms with Crippen molar-refractivity contribution in [3.05, 3.63) is 164 Å². The van der Waals surface area contributed by atoms with E-state index in [9.17, 15) is 0 Å². The minimum absolute atomic E-state index is 0.913. The number of fused-ring (bicyclic) bond motifs is 6. The number of para-hydroxylation sites is 3. The molecule has 0 unspecified atom stereocenters. The fourth-order valence-electron chi connectivity index (χ4n) is 7.51. The van der Waals surface area contributed by atoms with Gasteiger partial charge in [0.05, 0.1) is 11.0 Å². The zero-order valence-electron chi connectivity index (χ0n) is 24.9. The third-order valence-corrected chi connectivity index (χ3v) is 9.59. The Hall–Kier alpha value is -6.12. The minimum Gasteiger partial charge on any atom is -0.456 e. The Morgan fingerprint density at radius 3 is 1.91 bits per heavy atom. The summed E-state index contributed by atoms with van der Waals surface area (Å²) in [6.45, 7) is 0. The Morgan fingerprint density at radius 2 is 1.04 bits per heavy atom. The number of benzene rings is 8. The lowest BCUT2D eigenvalue weighted by Gasteiger charge is -2.22. The molecule has 0 amide bonds. The average molecular weight is 586 g/mol. The quantitative estimate of drug-likeness (QED) is 0.201. The van der Waals surface area contributed by atoms with Gasteiger partial charge >= 0.3 is 0 Å². The Kier molecular flexibility index (Phi) is 5.31. The van der Waals surface area contributed by atoms with Gasteiger partial charge in [0.25, 0.3) is 0 Å². The van der Waals surface area contributed by atoms with Crippen LogP contribution in [0.4, 0.5) is 0 Å². The maximum Gasteiger partial charge on any atom is 0.135 e. The second-order valence-corrected chi connectivity index (χ2v) is 12.1. The maximum absolute atomic E-state index is 6.34. The standard InChI is InChI=1S/C44H27NO/c1-2-11-31(12-3-1)45-40-18-6-4-13-34(40)39-26-30-10-8-15-32(38(30)27-41(39)45)28-20-22-29(23-21-28)33-24-25-43-44-36(33)16-9-17-37(44)35-14-5-7-19-42(35)46-43/h1-27H. The summed E-state index contributed by atoms with van der Waals surface area (Å²) in [6, 6.07) is 59.0. The number of aromatic nitrogens is 1. The van der Waals surface area contributed by atoms with E-state index < -0.39 is 0 Å². The highest BCUT2D eigenvalue weighted by Gasteiger charge is 2.21. The molecular weight excluding hydrogens is 558 g/mol. The molecule has 10 rings (SSSR count). The molecule has 8 aromatic carbocycles. The van der Waals surface area contributed by atoms with Crippen molar-refractivity contribution >= 4 is 43.4 Å². The first kappa shape index (κ1) is 25.2. The molecule has 0 fully saturated rings. The lowest BCUT2D eigenvalue weighted by atomic mass is 9.90. The largest absolute Gasteiger partial charge is 0.456 e. The predicted molar refractivity (Wildman–Crippen MR) is 192 cm³/mol. The molecular formula is C44H27NO. The molecule has 0 aliphatic carbocycles. The van der Waals surface area contributed by atoms with Crippen LogP contribution in [-0.2, 0) is 0 Å². The topological polar surface area (TPSA) is 14.2 Å². The van der Waals surface area contributed by atoms with Gasteiger partial charge in [-0.05, 0) is 86.4 Å². The normalized spacial score (nSPS) is 12.1. The van der Waals surface area contributed by atoms with E-state index in [4.69, 9.17) is 4.74 Å². The lowest BCUT2D eigenvalue weighted by Crippen LogP contribution is -1.97. The van der Waals surface area contributed by atoms with E-state index >= 15 is 0 Å². The fraction of sp³-hybridized carbons (Fsp3) is 0. The predicted octanol–water partition coefficient (Wildman–Crippen LogP) is 12.2. The zero-order chi connectivity index (χ0) is 30.2. The van der Waals surface area contributed by atoms with Gasteiger partial charge in [0.2, 0.25) is 0 Å². The Labute approximate surface area is 266 Å². The van der Waals surface area contributed by atoms with Crippen LogP contribution in [0.2, 0.25) is 0 Å². The summed E-state index contributed by atoms with van der Waals surface area (Å²) in [5.74, 6) is 1.83. The summed E-state index contributed by atoms with van der Waals surface area (Å²) in [4.78, 5) is 0. The number of ether oxygens (including phenoxy) is 1. The summed E-state index contributed by atoms with van der Waals surface area (Å²) < 4.78 is 8.74. The van der Waals surface area contributed by atoms with Crippen LogP contribution >= 0.6 is 0 Å². The summed E-state index contributed by atoms with van der Waals surface area (Å²) in [5, 5.41) is 7.42. The fourth-order valence-corrected chi connectivity index (χ4v) is 7.51. The number of hydrogen-bond donors (Lipinski definition) is 0. The van der Waals surface area contributed by atoms with Crippen molar-refractivity contribution in [2.45, 2.75) is 0 Å². The average Bonchev–Trinajstić information content (AvgIpc) is 3.44. The van der Waals surface area contributed by atoms with Crippen LogP contribution in [-0.4, -0.2) is 4.57 Å². The SMILES string of the molecule is c1ccc(-n2c3ccccc3c3cc4cccc(-c5ccc(-c6ccc7c8c(cccc68)-c6ccccc6O7)cc5)c4cc32)cc1. The number of hydrogen-bond acceptors (Lipinski definition) is 1. The van der Waals surface area contributed by atoms with E-state index in [1.54, 1.807) is 0 Å². The highest BCUT2D eigenvalue weighted by molar-refractivity contribution is 6.15. The third-order valence-electron chi connectivity index (χ3n) is 9.59. The molecule has 2 nitrogen and oxygen atoms in total. The molecule has 46 heavy (non-hydrogen) atoms. The molecule has 1 aliphatic heterocycles. The van der Waals surface area contributed by atoms with Crippen molar-refractivity contribution in [3.63, 3.8) is 0 Å². The van der Waals surface area contributed by atoms with Gasteiger partial charge in [0.1, 0.15) is 11.5 Å². The van der Waals surface area contributed by atoms with E-state index in [-0.39, 0.29) is 0 Å². The molecule has 0 spiro atoms. The molecule has 2 heterocycles. The lowest BCUT2D eigenvalue weighted by molar-refractivity contribution is 0.487. The van der Waals surface area contributed by atoms with Crippen molar-refractivity contribution < 1.29 is 4.74 Å². The van der Waals surface area contributed by atoms with Gasteiger partial charge < -0.3 is 9.30 Å². The molecule has 214 valence electrons. The molecule has 0 atom stereocenters. The van der Waals surface area contributed by atoms with Gasteiger partial charge in [-0.2, -0.15) is 0 Å². The maximum atomic E-state index is 6.34. The van der Waals surface area contributed by atoms with Crippen LogP contribution in [0.5, 0.6) is 11.5 Å². The summed E-state index contributed by atoms with van der Waals surface area (Å²) in [6.07, 6.45) is 0. The van der Waals surface area contributed by atoms with Crippen LogP contribution in [0.25, 0.3) is 82.4 Å². The summed E-state index contributed by atoms with van der Waals surface area (Å²) in [5.41, 5.74) is 10.8. The summed E-state index contributed by atoms with van der Waals surface area (Å²) >= 11 is 0. The van der Waals surface area contributed by atoms with E-state index in [0.29, 0.717) is 0 Å². The van der Waals surface area contributed by atoms with Gasteiger partial charge in [0.15, 0.2) is 0 Å². The monoisotopic (exact) mass is 585 g/mol. The van der Waals surface area contributed by atoms with Gasteiger partial charge in [-0.3, -0.25) is 0 Å². The van der Waals surface area contributed by atoms with Gasteiger partial charge in [-0.15, -0.1) is 0 Å². The Bertz CT molecular complexity index is 2650. The molecule has 1 aliphatic rings. The molecule has 2 heteroatoms.